The molecule has 1 aliphatic heterocycles. The summed E-state index contributed by atoms with van der Waals surface area (Å²) < 4.78 is 0. The van der Waals surface area contributed by atoms with Crippen LogP contribution in [0.1, 0.15) is 33.6 Å². The highest BCUT2D eigenvalue weighted by Gasteiger charge is 2.09. The lowest BCUT2D eigenvalue weighted by molar-refractivity contribution is 0.394. The monoisotopic (exact) mass is 158 g/mol. The second-order valence-corrected chi connectivity index (χ2v) is 2.58. The second kappa shape index (κ2) is 8.02. The lowest BCUT2D eigenvalue weighted by atomic mass is 10.1. The molecule has 0 aliphatic carbocycles. The van der Waals surface area contributed by atoms with Crippen LogP contribution in [0.2, 0.25) is 0 Å². The summed E-state index contributed by atoms with van der Waals surface area (Å²) in [4.78, 5) is 0. The Morgan fingerprint density at radius 2 is 1.82 bits per heavy atom. The molecule has 2 nitrogen and oxygen atoms in total. The minimum Gasteiger partial charge on any atom is -0.317 e. The molecule has 11 heavy (non-hydrogen) atoms. The molecule has 0 amide bonds. The maximum atomic E-state index is 3.44. The van der Waals surface area contributed by atoms with Crippen LogP contribution < -0.4 is 10.6 Å². The molecular formula is C9H22N2. The fraction of sp³-hybridized carbons (Fsp3) is 1.00. The third-order valence-corrected chi connectivity index (χ3v) is 1.83. The molecule has 0 aromatic rings. The van der Waals surface area contributed by atoms with Crippen LogP contribution in [0.4, 0.5) is 0 Å². The molecule has 1 rings (SSSR count). The molecule has 1 fully saturated rings. The Morgan fingerprint density at radius 3 is 2.27 bits per heavy atom. The minimum atomic E-state index is 0.788. The van der Waals surface area contributed by atoms with Crippen molar-refractivity contribution in [2.24, 2.45) is 0 Å². The standard InChI is InChI=1S/C7H16N2.C2H6/c1-2-9-7-3-5-8-6-4-7;1-2/h7-9H,2-6H2,1H3;1-2H3. The van der Waals surface area contributed by atoms with Gasteiger partial charge >= 0.3 is 0 Å². The summed E-state index contributed by atoms with van der Waals surface area (Å²) in [5, 5.41) is 6.78. The minimum absolute atomic E-state index is 0.788. The molecule has 68 valence electrons. The highest BCUT2D eigenvalue weighted by Crippen LogP contribution is 2.00. The van der Waals surface area contributed by atoms with Crippen molar-refractivity contribution in [3.8, 4) is 0 Å². The molecule has 0 unspecified atom stereocenters. The fourth-order valence-corrected chi connectivity index (χ4v) is 1.31. The normalized spacial score (nSPS) is 18.8. The van der Waals surface area contributed by atoms with Crippen LogP contribution in [0.5, 0.6) is 0 Å². The zero-order valence-corrected chi connectivity index (χ0v) is 8.11. The van der Waals surface area contributed by atoms with Crippen LogP contribution in [0, 0.1) is 0 Å². The Kier molecular flexibility index (Phi) is 7.96. The summed E-state index contributed by atoms with van der Waals surface area (Å²) >= 11 is 0. The highest BCUT2D eigenvalue weighted by atomic mass is 15.0. The molecule has 0 atom stereocenters. The summed E-state index contributed by atoms with van der Waals surface area (Å²) in [6, 6.07) is 0.788. The van der Waals surface area contributed by atoms with Crippen LogP contribution in [-0.2, 0) is 0 Å². The van der Waals surface area contributed by atoms with Crippen LogP contribution in [0.15, 0.2) is 0 Å². The largest absolute Gasteiger partial charge is 0.317 e. The molecule has 1 saturated heterocycles. The predicted molar refractivity (Wildman–Crippen MR) is 50.9 cm³/mol. The first-order valence-electron chi connectivity index (χ1n) is 4.87. The van der Waals surface area contributed by atoms with Crippen LogP contribution in [0.25, 0.3) is 0 Å². The van der Waals surface area contributed by atoms with E-state index in [0.29, 0.717) is 0 Å². The van der Waals surface area contributed by atoms with E-state index in [1.165, 1.54) is 25.9 Å². The molecular weight excluding hydrogens is 136 g/mol. The summed E-state index contributed by atoms with van der Waals surface area (Å²) in [6.07, 6.45) is 2.60. The first-order chi connectivity index (χ1) is 5.43. The Hall–Kier alpha value is -0.0800. The number of hydrogen-bond donors (Lipinski definition) is 2. The van der Waals surface area contributed by atoms with E-state index in [9.17, 15) is 0 Å². The lowest BCUT2D eigenvalue weighted by Crippen LogP contribution is -2.39. The number of hydrogen-bond acceptors (Lipinski definition) is 2. The topological polar surface area (TPSA) is 24.1 Å². The van der Waals surface area contributed by atoms with E-state index in [-0.39, 0.29) is 0 Å². The van der Waals surface area contributed by atoms with Crippen molar-refractivity contribution in [1.29, 1.82) is 0 Å². The molecule has 0 bridgehead atoms. The third kappa shape index (κ3) is 5.22. The predicted octanol–water partition coefficient (Wildman–Crippen LogP) is 1.37. The van der Waals surface area contributed by atoms with Gasteiger partial charge in [-0.25, -0.2) is 0 Å². The molecule has 0 spiro atoms. The van der Waals surface area contributed by atoms with Gasteiger partial charge in [-0.05, 0) is 32.5 Å². The van der Waals surface area contributed by atoms with Gasteiger partial charge in [-0.2, -0.15) is 0 Å². The Bertz CT molecular complexity index is 65.2. The smallest absolute Gasteiger partial charge is 0.00911 e. The van der Waals surface area contributed by atoms with Crippen molar-refractivity contribution in [3.63, 3.8) is 0 Å². The SMILES string of the molecule is CC.CCNC1CCNCC1. The van der Waals surface area contributed by atoms with Gasteiger partial charge in [-0.15, -0.1) is 0 Å². The van der Waals surface area contributed by atoms with Crippen molar-refractivity contribution in [1.82, 2.24) is 10.6 Å². The molecule has 1 heterocycles. The van der Waals surface area contributed by atoms with Gasteiger partial charge in [0, 0.05) is 6.04 Å². The molecule has 0 aromatic carbocycles. The van der Waals surface area contributed by atoms with Crippen LogP contribution in [-0.4, -0.2) is 25.7 Å². The maximum Gasteiger partial charge on any atom is 0.00911 e. The summed E-state index contributed by atoms with van der Waals surface area (Å²) in [6.45, 7) is 9.67. The van der Waals surface area contributed by atoms with Gasteiger partial charge in [-0.1, -0.05) is 20.8 Å². The lowest BCUT2D eigenvalue weighted by Gasteiger charge is -2.22. The molecule has 1 aliphatic rings. The Morgan fingerprint density at radius 1 is 1.27 bits per heavy atom. The number of rotatable bonds is 2. The number of piperidine rings is 1. The van der Waals surface area contributed by atoms with E-state index in [4.69, 9.17) is 0 Å². The van der Waals surface area contributed by atoms with E-state index in [0.717, 1.165) is 12.6 Å². The van der Waals surface area contributed by atoms with Gasteiger partial charge in [0.2, 0.25) is 0 Å². The molecule has 0 radical (unpaired) electrons. The first-order valence-corrected chi connectivity index (χ1v) is 4.87. The zero-order valence-electron chi connectivity index (χ0n) is 8.11. The third-order valence-electron chi connectivity index (χ3n) is 1.83. The van der Waals surface area contributed by atoms with E-state index in [1.54, 1.807) is 0 Å². The van der Waals surface area contributed by atoms with Crippen molar-refractivity contribution < 1.29 is 0 Å². The van der Waals surface area contributed by atoms with Gasteiger partial charge in [0.05, 0.1) is 0 Å². The number of nitrogens with one attached hydrogen (secondary N) is 2. The van der Waals surface area contributed by atoms with E-state index in [1.807, 2.05) is 13.8 Å². The van der Waals surface area contributed by atoms with Crippen LogP contribution in [0.3, 0.4) is 0 Å². The Labute approximate surface area is 70.8 Å². The fourth-order valence-electron chi connectivity index (χ4n) is 1.31. The molecule has 2 N–H and O–H groups in total. The average Bonchev–Trinajstić information content (AvgIpc) is 2.11. The van der Waals surface area contributed by atoms with Crippen molar-refractivity contribution >= 4 is 0 Å². The van der Waals surface area contributed by atoms with Gasteiger partial charge in [-0.3, -0.25) is 0 Å². The van der Waals surface area contributed by atoms with Crippen molar-refractivity contribution in [2.75, 3.05) is 19.6 Å². The summed E-state index contributed by atoms with van der Waals surface area (Å²) in [5.41, 5.74) is 0. The van der Waals surface area contributed by atoms with E-state index >= 15 is 0 Å². The van der Waals surface area contributed by atoms with Gasteiger partial charge < -0.3 is 10.6 Å². The van der Waals surface area contributed by atoms with Gasteiger partial charge in [0.1, 0.15) is 0 Å². The quantitative estimate of drug-likeness (QED) is 0.634. The zero-order chi connectivity index (χ0) is 8.53. The molecule has 2 heteroatoms. The van der Waals surface area contributed by atoms with E-state index in [2.05, 4.69) is 17.6 Å². The van der Waals surface area contributed by atoms with Gasteiger partial charge in [0.15, 0.2) is 0 Å². The second-order valence-electron chi connectivity index (χ2n) is 2.58. The first kappa shape index (κ1) is 10.9. The highest BCUT2D eigenvalue weighted by molar-refractivity contribution is 4.72. The summed E-state index contributed by atoms with van der Waals surface area (Å²) in [5.74, 6) is 0. The average molecular weight is 158 g/mol. The molecule has 0 saturated carbocycles. The summed E-state index contributed by atoms with van der Waals surface area (Å²) in [7, 11) is 0. The van der Waals surface area contributed by atoms with Crippen LogP contribution >= 0.6 is 0 Å². The molecule has 0 aromatic heterocycles. The van der Waals surface area contributed by atoms with Crippen molar-refractivity contribution in [2.45, 2.75) is 39.7 Å². The maximum absolute atomic E-state index is 3.44. The van der Waals surface area contributed by atoms with Gasteiger partial charge in [0.25, 0.3) is 0 Å². The van der Waals surface area contributed by atoms with E-state index < -0.39 is 0 Å². The van der Waals surface area contributed by atoms with Crippen molar-refractivity contribution in [3.05, 3.63) is 0 Å². The Balaban J connectivity index is 0.000000461.